The van der Waals surface area contributed by atoms with Crippen LogP contribution in [-0.2, 0) is 46.4 Å². The van der Waals surface area contributed by atoms with Crippen LogP contribution >= 0.6 is 0 Å². The molecule has 21 nitrogen and oxygen atoms in total. The molecule has 0 radical (unpaired) electrons. The minimum absolute atomic E-state index is 0.00936. The number of carboxylic acid groups (broad SMARTS) is 1. The Morgan fingerprint density at radius 3 is 1.51 bits per heavy atom. The van der Waals surface area contributed by atoms with E-state index in [9.17, 15) is 33.6 Å². The summed E-state index contributed by atoms with van der Waals surface area (Å²) in [6.45, 7) is -1.36. The molecule has 0 bridgehead atoms. The average Bonchev–Trinajstić information content (AvgIpc) is 3.17. The van der Waals surface area contributed by atoms with Gasteiger partial charge in [0.2, 0.25) is 35.4 Å². The van der Waals surface area contributed by atoms with Crippen molar-refractivity contribution in [2.75, 3.05) is 32.7 Å². The molecule has 0 saturated heterocycles. The number of carboxylic acids is 1. The van der Waals surface area contributed by atoms with Crippen LogP contribution in [-0.4, -0.2) is 115 Å². The summed E-state index contributed by atoms with van der Waals surface area (Å²) in [6, 6.07) is 12.8. The Labute approximate surface area is 329 Å². The smallest absolute Gasteiger partial charge is 0.322 e. The van der Waals surface area contributed by atoms with E-state index in [4.69, 9.17) is 33.8 Å². The van der Waals surface area contributed by atoms with Crippen LogP contribution in [0.4, 0.5) is 0 Å². The van der Waals surface area contributed by atoms with Crippen molar-refractivity contribution in [3.8, 4) is 0 Å². The maximum Gasteiger partial charge on any atom is 0.322 e. The van der Waals surface area contributed by atoms with Gasteiger partial charge in [-0.1, -0.05) is 60.7 Å². The number of benzene rings is 2. The van der Waals surface area contributed by atoms with Gasteiger partial charge in [-0.25, -0.2) is 0 Å². The van der Waals surface area contributed by atoms with Crippen molar-refractivity contribution >= 4 is 53.3 Å². The molecule has 0 saturated carbocycles. The molecule has 4 unspecified atom stereocenters. The minimum Gasteiger partial charge on any atom is -0.480 e. The lowest BCUT2D eigenvalue weighted by atomic mass is 10.0. The van der Waals surface area contributed by atoms with E-state index in [2.05, 4.69) is 41.9 Å². The number of guanidine groups is 2. The molecule has 4 atom stereocenters. The topological polar surface area (TPSA) is 367 Å². The molecule has 0 heterocycles. The zero-order valence-electron chi connectivity index (χ0n) is 31.4. The summed E-state index contributed by atoms with van der Waals surface area (Å²) in [5.41, 5.74) is 28.7. The SMILES string of the molecule is NC(N)=NCCCC(N)C(=O)NCC(=O)NC(Cc1ccccc1)C(=O)NC(Cc1ccccc1)C(=O)NC(CCCN=C(N)N)C(=O)NCC(=O)NCC(=O)O. The molecule has 2 rings (SSSR count). The van der Waals surface area contributed by atoms with Gasteiger partial charge in [-0.2, -0.15) is 0 Å². The second-order valence-electron chi connectivity index (χ2n) is 12.7. The van der Waals surface area contributed by atoms with Crippen LogP contribution in [0, 0.1) is 0 Å². The first-order valence-corrected chi connectivity index (χ1v) is 18.0. The summed E-state index contributed by atoms with van der Waals surface area (Å²) in [4.78, 5) is 97.4. The molecular weight excluding hydrogens is 742 g/mol. The third-order valence-electron chi connectivity index (χ3n) is 8.02. The van der Waals surface area contributed by atoms with E-state index in [1.807, 2.05) is 0 Å². The summed E-state index contributed by atoms with van der Waals surface area (Å²) in [5, 5.41) is 23.7. The minimum atomic E-state index is -1.28. The molecule has 0 aliphatic rings. The highest BCUT2D eigenvalue weighted by atomic mass is 16.4. The number of nitrogens with zero attached hydrogens (tertiary/aromatic N) is 2. The Morgan fingerprint density at radius 1 is 0.544 bits per heavy atom. The molecule has 0 aromatic heterocycles. The standard InChI is InChI=1S/C36H53N13O8/c37-24(13-7-15-42-35(38)39)31(54)45-20-29(51)47-26(17-22-9-3-1-4-10-22)33(56)49-27(18-23-11-5-2-6-12-23)34(57)48-25(14-8-16-43-36(40)41)32(55)46-19-28(50)44-21-30(52)53/h1-6,9-12,24-27H,7-8,13-21,37H2,(H,44,50)(H,45,54)(H,46,55)(H,47,51)(H,48,57)(H,49,56)(H,52,53)(H4,38,39,42)(H4,40,41,43). The molecule has 2 aromatic carbocycles. The first-order chi connectivity index (χ1) is 27.1. The van der Waals surface area contributed by atoms with Crippen LogP contribution in [0.2, 0.25) is 0 Å². The molecular formula is C36H53N13O8. The molecule has 0 aliphatic carbocycles. The van der Waals surface area contributed by atoms with Gasteiger partial charge in [0.25, 0.3) is 0 Å². The number of rotatable bonds is 25. The lowest BCUT2D eigenvalue weighted by Gasteiger charge is -2.26. The Kier molecular flexibility index (Phi) is 20.6. The van der Waals surface area contributed by atoms with Crippen molar-refractivity contribution in [2.45, 2.75) is 62.7 Å². The van der Waals surface area contributed by atoms with Gasteiger partial charge < -0.3 is 65.7 Å². The van der Waals surface area contributed by atoms with Gasteiger partial charge in [0.15, 0.2) is 11.9 Å². The van der Waals surface area contributed by atoms with Crippen molar-refractivity contribution in [1.29, 1.82) is 0 Å². The molecule has 57 heavy (non-hydrogen) atoms. The number of aliphatic imine (C=N–C) groups is 2. The fraction of sp³-hybridized carbons (Fsp3) is 0.417. The summed E-state index contributed by atoms with van der Waals surface area (Å²) in [7, 11) is 0. The largest absolute Gasteiger partial charge is 0.480 e. The number of carbonyl (C=O) groups is 7. The van der Waals surface area contributed by atoms with E-state index >= 15 is 0 Å². The fourth-order valence-electron chi connectivity index (χ4n) is 5.16. The van der Waals surface area contributed by atoms with Crippen molar-refractivity contribution < 1.29 is 38.7 Å². The first-order valence-electron chi connectivity index (χ1n) is 18.0. The molecule has 21 heteroatoms. The molecule has 310 valence electrons. The van der Waals surface area contributed by atoms with E-state index < -0.39 is 85.2 Å². The van der Waals surface area contributed by atoms with Gasteiger partial charge in [-0.05, 0) is 36.8 Å². The average molecular weight is 796 g/mol. The Morgan fingerprint density at radius 2 is 1.00 bits per heavy atom. The van der Waals surface area contributed by atoms with Crippen molar-refractivity contribution in [2.24, 2.45) is 38.7 Å². The highest BCUT2D eigenvalue weighted by Gasteiger charge is 2.30. The Bertz CT molecular complexity index is 1700. The number of hydrogen-bond acceptors (Lipinski definition) is 10. The Balaban J connectivity index is 2.27. The van der Waals surface area contributed by atoms with Crippen molar-refractivity contribution in [1.82, 2.24) is 31.9 Å². The molecule has 0 spiro atoms. The van der Waals surface area contributed by atoms with Gasteiger partial charge in [-0.15, -0.1) is 0 Å². The lowest BCUT2D eigenvalue weighted by Crippen LogP contribution is -2.58. The highest BCUT2D eigenvalue weighted by Crippen LogP contribution is 2.09. The van der Waals surface area contributed by atoms with Gasteiger partial charge in [0, 0.05) is 25.9 Å². The third-order valence-corrected chi connectivity index (χ3v) is 8.02. The van der Waals surface area contributed by atoms with Crippen LogP contribution in [0.3, 0.4) is 0 Å². The number of nitrogens with one attached hydrogen (secondary N) is 6. The lowest BCUT2D eigenvalue weighted by molar-refractivity contribution is -0.138. The maximum atomic E-state index is 14.0. The number of hydrogen-bond donors (Lipinski definition) is 12. The van der Waals surface area contributed by atoms with Crippen LogP contribution in [0.25, 0.3) is 0 Å². The van der Waals surface area contributed by atoms with E-state index in [0.717, 1.165) is 0 Å². The highest BCUT2D eigenvalue weighted by molar-refractivity contribution is 5.96. The predicted octanol–water partition coefficient (Wildman–Crippen LogP) is -4.21. The third kappa shape index (κ3) is 19.9. The second-order valence-corrected chi connectivity index (χ2v) is 12.7. The van der Waals surface area contributed by atoms with Crippen LogP contribution < -0.4 is 60.6 Å². The maximum absolute atomic E-state index is 14.0. The molecule has 6 amide bonds. The number of nitrogens with two attached hydrogens (primary N) is 5. The van der Waals surface area contributed by atoms with Crippen LogP contribution in [0.1, 0.15) is 36.8 Å². The van der Waals surface area contributed by atoms with Crippen LogP contribution in [0.5, 0.6) is 0 Å². The van der Waals surface area contributed by atoms with E-state index in [1.165, 1.54) is 0 Å². The van der Waals surface area contributed by atoms with E-state index in [1.54, 1.807) is 60.7 Å². The molecule has 2 aromatic rings. The van der Waals surface area contributed by atoms with E-state index in [0.29, 0.717) is 17.5 Å². The van der Waals surface area contributed by atoms with Gasteiger partial charge in [0.05, 0.1) is 19.1 Å². The van der Waals surface area contributed by atoms with Crippen molar-refractivity contribution in [3.63, 3.8) is 0 Å². The first kappa shape index (κ1) is 46.4. The van der Waals surface area contributed by atoms with Gasteiger partial charge in [-0.3, -0.25) is 43.5 Å². The van der Waals surface area contributed by atoms with Crippen molar-refractivity contribution in [3.05, 3.63) is 71.8 Å². The summed E-state index contributed by atoms with van der Waals surface area (Å²) >= 11 is 0. The second kappa shape index (κ2) is 25.3. The molecule has 17 N–H and O–H groups in total. The van der Waals surface area contributed by atoms with E-state index in [-0.39, 0.29) is 57.1 Å². The van der Waals surface area contributed by atoms with Crippen LogP contribution in [0.15, 0.2) is 70.6 Å². The van der Waals surface area contributed by atoms with Gasteiger partial charge in [0.1, 0.15) is 24.7 Å². The molecule has 0 fully saturated rings. The summed E-state index contributed by atoms with van der Waals surface area (Å²) in [5.74, 6) is -5.92. The predicted molar refractivity (Wildman–Crippen MR) is 211 cm³/mol. The zero-order valence-corrected chi connectivity index (χ0v) is 31.4. The van der Waals surface area contributed by atoms with Gasteiger partial charge >= 0.3 is 5.97 Å². The molecule has 0 aliphatic heterocycles. The fourth-order valence-corrected chi connectivity index (χ4v) is 5.16. The monoisotopic (exact) mass is 795 g/mol. The number of aliphatic carboxylic acids is 1. The summed E-state index contributed by atoms with van der Waals surface area (Å²) < 4.78 is 0. The zero-order chi connectivity index (χ0) is 42.2. The number of carbonyl (C=O) groups excluding carboxylic acids is 6. The Hall–Kier alpha value is -6.77. The normalized spacial score (nSPS) is 12.6. The number of amides is 6. The summed E-state index contributed by atoms with van der Waals surface area (Å²) in [6.07, 6.45) is 0.884. The quantitative estimate of drug-likeness (QED) is 0.0258.